The lowest BCUT2D eigenvalue weighted by Crippen LogP contribution is -2.30. The van der Waals surface area contributed by atoms with Crippen LogP contribution in [0.2, 0.25) is 0 Å². The lowest BCUT2D eigenvalue weighted by atomic mass is 10.2. The number of aromatic nitrogens is 1. The third-order valence-corrected chi connectivity index (χ3v) is 2.09. The molecule has 5 heteroatoms. The van der Waals surface area contributed by atoms with E-state index in [1.807, 2.05) is 30.1 Å². The van der Waals surface area contributed by atoms with Gasteiger partial charge in [-0.05, 0) is 18.6 Å². The zero-order valence-corrected chi connectivity index (χ0v) is 8.80. The highest BCUT2D eigenvalue weighted by atomic mass is 19.4. The second kappa shape index (κ2) is 4.70. The van der Waals surface area contributed by atoms with Crippen LogP contribution in [-0.2, 0) is 13.6 Å². The topological polar surface area (TPSA) is 17.0 Å². The van der Waals surface area contributed by atoms with Gasteiger partial charge < -0.3 is 9.88 Å². The van der Waals surface area contributed by atoms with Gasteiger partial charge in [-0.15, -0.1) is 0 Å². The second-order valence-electron chi connectivity index (χ2n) is 3.79. The average molecular weight is 220 g/mol. The summed E-state index contributed by atoms with van der Waals surface area (Å²) < 4.78 is 37.8. The molecule has 0 aromatic carbocycles. The van der Waals surface area contributed by atoms with Gasteiger partial charge in [0.2, 0.25) is 0 Å². The van der Waals surface area contributed by atoms with Crippen LogP contribution < -0.4 is 5.32 Å². The second-order valence-corrected chi connectivity index (χ2v) is 3.79. The number of nitrogens with zero attached hydrogens (tertiary/aromatic N) is 1. The molecule has 86 valence electrons. The van der Waals surface area contributed by atoms with E-state index in [0.717, 1.165) is 5.56 Å². The summed E-state index contributed by atoms with van der Waals surface area (Å²) >= 11 is 0. The maximum Gasteiger partial charge on any atom is 0.390 e. The van der Waals surface area contributed by atoms with E-state index in [9.17, 15) is 13.2 Å². The normalized spacial score (nSPS) is 14.2. The van der Waals surface area contributed by atoms with Crippen molar-refractivity contribution < 1.29 is 13.2 Å². The minimum absolute atomic E-state index is 0.470. The van der Waals surface area contributed by atoms with E-state index < -0.39 is 18.6 Å². The summed E-state index contributed by atoms with van der Waals surface area (Å²) in [5, 5.41) is 2.84. The standard InChI is InChI=1S/C10H15F3N2/c1-8(5-10(11,12)13)14-6-9-3-4-15(2)7-9/h3-4,7-8,14H,5-6H2,1-2H3. The van der Waals surface area contributed by atoms with Crippen molar-refractivity contribution in [2.24, 2.45) is 7.05 Å². The van der Waals surface area contributed by atoms with Crippen molar-refractivity contribution in [2.45, 2.75) is 32.1 Å². The Morgan fingerprint density at radius 2 is 2.13 bits per heavy atom. The van der Waals surface area contributed by atoms with Crippen LogP contribution in [0.25, 0.3) is 0 Å². The number of halogens is 3. The highest BCUT2D eigenvalue weighted by Gasteiger charge is 2.29. The van der Waals surface area contributed by atoms with Crippen LogP contribution in [0, 0.1) is 0 Å². The molecule has 0 spiro atoms. The molecule has 1 aromatic rings. The van der Waals surface area contributed by atoms with Crippen LogP contribution in [0.4, 0.5) is 13.2 Å². The molecule has 0 saturated carbocycles. The van der Waals surface area contributed by atoms with Crippen molar-refractivity contribution in [3.05, 3.63) is 24.0 Å². The van der Waals surface area contributed by atoms with Crippen LogP contribution >= 0.6 is 0 Å². The molecular weight excluding hydrogens is 205 g/mol. The van der Waals surface area contributed by atoms with Crippen LogP contribution in [0.5, 0.6) is 0 Å². The van der Waals surface area contributed by atoms with Crippen molar-refractivity contribution in [1.29, 1.82) is 0 Å². The Morgan fingerprint density at radius 3 is 2.60 bits per heavy atom. The largest absolute Gasteiger partial charge is 0.390 e. The third kappa shape index (κ3) is 4.88. The SMILES string of the molecule is CC(CC(F)(F)F)NCc1ccn(C)c1. The summed E-state index contributed by atoms with van der Waals surface area (Å²) in [6.07, 6.45) is -1.14. The fraction of sp³-hybridized carbons (Fsp3) is 0.600. The van der Waals surface area contributed by atoms with Gasteiger partial charge in [0, 0.05) is 32.0 Å². The lowest BCUT2D eigenvalue weighted by molar-refractivity contribution is -0.139. The molecule has 1 aromatic heterocycles. The first kappa shape index (κ1) is 12.1. The third-order valence-electron chi connectivity index (χ3n) is 2.09. The maximum atomic E-state index is 12.0. The number of nitrogens with one attached hydrogen (secondary N) is 1. The molecule has 2 nitrogen and oxygen atoms in total. The first-order valence-corrected chi connectivity index (χ1v) is 4.78. The van der Waals surface area contributed by atoms with Crippen LogP contribution in [0.15, 0.2) is 18.5 Å². The molecule has 1 N–H and O–H groups in total. The summed E-state index contributed by atoms with van der Waals surface area (Å²) in [7, 11) is 1.88. The number of hydrogen-bond donors (Lipinski definition) is 1. The molecule has 1 unspecified atom stereocenters. The van der Waals surface area contributed by atoms with E-state index >= 15 is 0 Å². The molecule has 1 heterocycles. The molecule has 15 heavy (non-hydrogen) atoms. The summed E-state index contributed by atoms with van der Waals surface area (Å²) in [6, 6.07) is 1.33. The minimum Gasteiger partial charge on any atom is -0.357 e. The minimum atomic E-state index is -4.09. The number of hydrogen-bond acceptors (Lipinski definition) is 1. The molecule has 0 bridgehead atoms. The van der Waals surface area contributed by atoms with Gasteiger partial charge in [0.05, 0.1) is 6.42 Å². The summed E-state index contributed by atoms with van der Waals surface area (Å²) in [5.41, 5.74) is 0.992. The molecule has 1 rings (SSSR count). The number of rotatable bonds is 4. The van der Waals surface area contributed by atoms with Crippen molar-refractivity contribution in [1.82, 2.24) is 9.88 Å². The zero-order valence-electron chi connectivity index (χ0n) is 8.80. The van der Waals surface area contributed by atoms with Crippen molar-refractivity contribution in [2.75, 3.05) is 0 Å². The molecule has 0 saturated heterocycles. The van der Waals surface area contributed by atoms with Gasteiger partial charge in [-0.2, -0.15) is 13.2 Å². The van der Waals surface area contributed by atoms with Crippen LogP contribution in [-0.4, -0.2) is 16.8 Å². The predicted octanol–water partition coefficient (Wildman–Crippen LogP) is 2.46. The van der Waals surface area contributed by atoms with E-state index in [2.05, 4.69) is 5.32 Å². The maximum absolute atomic E-state index is 12.0. The lowest BCUT2D eigenvalue weighted by Gasteiger charge is -2.15. The molecule has 0 amide bonds. The van der Waals surface area contributed by atoms with E-state index in [0.29, 0.717) is 6.54 Å². The molecule has 0 fully saturated rings. The Bertz CT molecular complexity index is 304. The summed E-state index contributed by atoms with van der Waals surface area (Å²) in [5.74, 6) is 0. The van der Waals surface area contributed by atoms with Gasteiger partial charge in [0.25, 0.3) is 0 Å². The average Bonchev–Trinajstić information content (AvgIpc) is 2.45. The van der Waals surface area contributed by atoms with Gasteiger partial charge in [-0.1, -0.05) is 0 Å². The van der Waals surface area contributed by atoms with Crippen LogP contribution in [0.1, 0.15) is 18.9 Å². The van der Waals surface area contributed by atoms with E-state index in [4.69, 9.17) is 0 Å². The summed E-state index contributed by atoms with van der Waals surface area (Å²) in [6.45, 7) is 2.01. The Labute approximate surface area is 87.1 Å². The monoisotopic (exact) mass is 220 g/mol. The van der Waals surface area contributed by atoms with E-state index in [-0.39, 0.29) is 0 Å². The molecule has 0 aliphatic heterocycles. The first-order valence-electron chi connectivity index (χ1n) is 4.78. The molecular formula is C10H15F3N2. The quantitative estimate of drug-likeness (QED) is 0.824. The van der Waals surface area contributed by atoms with Crippen molar-refractivity contribution in [3.8, 4) is 0 Å². The first-order chi connectivity index (χ1) is 6.87. The fourth-order valence-electron chi connectivity index (χ4n) is 1.38. The number of aryl methyl sites for hydroxylation is 1. The molecule has 0 aliphatic carbocycles. The van der Waals surface area contributed by atoms with Crippen LogP contribution in [0.3, 0.4) is 0 Å². The van der Waals surface area contributed by atoms with E-state index in [1.165, 1.54) is 6.92 Å². The summed E-state index contributed by atoms with van der Waals surface area (Å²) in [4.78, 5) is 0. The Morgan fingerprint density at radius 1 is 1.47 bits per heavy atom. The Balaban J connectivity index is 2.31. The van der Waals surface area contributed by atoms with Gasteiger partial charge in [0.1, 0.15) is 0 Å². The number of alkyl halides is 3. The van der Waals surface area contributed by atoms with Crippen molar-refractivity contribution in [3.63, 3.8) is 0 Å². The van der Waals surface area contributed by atoms with E-state index in [1.54, 1.807) is 0 Å². The van der Waals surface area contributed by atoms with Gasteiger partial charge in [0.15, 0.2) is 0 Å². The van der Waals surface area contributed by atoms with Gasteiger partial charge in [-0.3, -0.25) is 0 Å². The predicted molar refractivity (Wildman–Crippen MR) is 52.4 cm³/mol. The van der Waals surface area contributed by atoms with Gasteiger partial charge in [-0.25, -0.2) is 0 Å². The van der Waals surface area contributed by atoms with Gasteiger partial charge >= 0.3 is 6.18 Å². The molecule has 1 atom stereocenters. The Kier molecular flexibility index (Phi) is 3.79. The zero-order chi connectivity index (χ0) is 11.5. The fourth-order valence-corrected chi connectivity index (χ4v) is 1.38. The highest BCUT2D eigenvalue weighted by molar-refractivity contribution is 5.09. The van der Waals surface area contributed by atoms with Crippen molar-refractivity contribution >= 4 is 0 Å². The molecule has 0 radical (unpaired) electrons. The highest BCUT2D eigenvalue weighted by Crippen LogP contribution is 2.21. The Hall–Kier alpha value is -0.970. The molecule has 0 aliphatic rings. The smallest absolute Gasteiger partial charge is 0.357 e.